The van der Waals surface area contributed by atoms with E-state index in [2.05, 4.69) is 0 Å². The minimum absolute atomic E-state index is 0.235. The molecular weight excluding hydrogens is 344 g/mol. The summed E-state index contributed by atoms with van der Waals surface area (Å²) in [5.74, 6) is -3.56. The van der Waals surface area contributed by atoms with Crippen LogP contribution in [-0.2, 0) is 16.1 Å². The highest BCUT2D eigenvalue weighted by Crippen LogP contribution is 2.24. The maximum atomic E-state index is 13.9. The predicted octanol–water partition coefficient (Wildman–Crippen LogP) is 3.19. The monoisotopic (exact) mass is 363 g/mol. The quantitative estimate of drug-likeness (QED) is 0.820. The summed E-state index contributed by atoms with van der Waals surface area (Å²) < 4.78 is 32.8. The van der Waals surface area contributed by atoms with Crippen molar-refractivity contribution < 1.29 is 28.2 Å². The van der Waals surface area contributed by atoms with Gasteiger partial charge in [0.05, 0.1) is 5.92 Å². The number of carboxylic acids is 1. The zero-order valence-electron chi connectivity index (χ0n) is 14.4. The van der Waals surface area contributed by atoms with Crippen molar-refractivity contribution in [2.24, 2.45) is 0 Å². The van der Waals surface area contributed by atoms with Crippen molar-refractivity contribution >= 4 is 11.9 Å². The molecule has 5 nitrogen and oxygen atoms in total. The molecule has 0 radical (unpaired) electrons. The number of aliphatic carboxylic acids is 1. The molecular formula is C19H19F2NO4. The van der Waals surface area contributed by atoms with Crippen LogP contribution in [0.4, 0.5) is 8.78 Å². The van der Waals surface area contributed by atoms with Gasteiger partial charge in [-0.3, -0.25) is 4.79 Å². The minimum atomic E-state index is -1.08. The highest BCUT2D eigenvalue weighted by molar-refractivity contribution is 5.83. The maximum absolute atomic E-state index is 13.9. The zero-order chi connectivity index (χ0) is 19.3. The standard InChI is InChI=1S/C19H19F2NO4/c1-12(18-15(20)4-3-5-16(18)21)19(25)22(2)10-13-6-8-14(9-7-13)26-11-17(23)24/h3-9,12H,10-11H2,1-2H3,(H,23,24). The predicted molar refractivity (Wildman–Crippen MR) is 90.8 cm³/mol. The topological polar surface area (TPSA) is 66.8 Å². The van der Waals surface area contributed by atoms with E-state index in [4.69, 9.17) is 9.84 Å². The van der Waals surface area contributed by atoms with Crippen LogP contribution >= 0.6 is 0 Å². The summed E-state index contributed by atoms with van der Waals surface area (Å²) in [7, 11) is 1.55. The number of rotatable bonds is 7. The number of carbonyl (C=O) groups excluding carboxylic acids is 1. The van der Waals surface area contributed by atoms with Gasteiger partial charge in [0, 0.05) is 19.2 Å². The van der Waals surface area contributed by atoms with Crippen LogP contribution in [0.15, 0.2) is 42.5 Å². The van der Waals surface area contributed by atoms with E-state index < -0.39 is 36.0 Å². The van der Waals surface area contributed by atoms with Gasteiger partial charge < -0.3 is 14.7 Å². The van der Waals surface area contributed by atoms with Gasteiger partial charge >= 0.3 is 5.97 Å². The fraction of sp³-hybridized carbons (Fsp3) is 0.263. The lowest BCUT2D eigenvalue weighted by atomic mass is 9.98. The SMILES string of the molecule is CC(C(=O)N(C)Cc1ccc(OCC(=O)O)cc1)c1c(F)cccc1F. The molecule has 0 fully saturated rings. The normalized spacial score (nSPS) is 11.7. The van der Waals surface area contributed by atoms with E-state index in [1.54, 1.807) is 31.3 Å². The lowest BCUT2D eigenvalue weighted by Crippen LogP contribution is -2.31. The van der Waals surface area contributed by atoms with Crippen LogP contribution in [0.1, 0.15) is 24.0 Å². The molecule has 2 aromatic rings. The van der Waals surface area contributed by atoms with E-state index >= 15 is 0 Å². The molecule has 1 unspecified atom stereocenters. The lowest BCUT2D eigenvalue weighted by molar-refractivity contribution is -0.139. The summed E-state index contributed by atoms with van der Waals surface area (Å²) >= 11 is 0. The molecule has 0 aromatic heterocycles. The van der Waals surface area contributed by atoms with Gasteiger partial charge in [0.15, 0.2) is 6.61 Å². The molecule has 0 spiro atoms. The van der Waals surface area contributed by atoms with E-state index in [1.807, 2.05) is 0 Å². The van der Waals surface area contributed by atoms with Crippen molar-refractivity contribution in [2.45, 2.75) is 19.4 Å². The van der Waals surface area contributed by atoms with Crippen LogP contribution in [-0.4, -0.2) is 35.5 Å². The molecule has 0 saturated carbocycles. The lowest BCUT2D eigenvalue weighted by Gasteiger charge is -2.22. The Bertz CT molecular complexity index is 772. The molecule has 1 N–H and O–H groups in total. The molecule has 26 heavy (non-hydrogen) atoms. The fourth-order valence-electron chi connectivity index (χ4n) is 2.57. The first-order valence-corrected chi connectivity index (χ1v) is 7.92. The number of carbonyl (C=O) groups is 2. The molecule has 1 atom stereocenters. The number of hydrogen-bond donors (Lipinski definition) is 1. The Balaban J connectivity index is 2.03. The van der Waals surface area contributed by atoms with Crippen LogP contribution in [0.25, 0.3) is 0 Å². The van der Waals surface area contributed by atoms with Crippen molar-refractivity contribution in [3.63, 3.8) is 0 Å². The van der Waals surface area contributed by atoms with Crippen molar-refractivity contribution in [1.29, 1.82) is 0 Å². The molecule has 2 rings (SSSR count). The molecule has 0 aliphatic rings. The molecule has 7 heteroatoms. The van der Waals surface area contributed by atoms with Crippen LogP contribution in [0.2, 0.25) is 0 Å². The van der Waals surface area contributed by atoms with Gasteiger partial charge in [-0.25, -0.2) is 13.6 Å². The first kappa shape index (κ1) is 19.4. The maximum Gasteiger partial charge on any atom is 0.341 e. The van der Waals surface area contributed by atoms with Crippen molar-refractivity contribution in [1.82, 2.24) is 4.90 Å². The van der Waals surface area contributed by atoms with Crippen LogP contribution in [0, 0.1) is 11.6 Å². The van der Waals surface area contributed by atoms with E-state index in [0.717, 1.165) is 17.7 Å². The number of nitrogens with zero attached hydrogens (tertiary/aromatic N) is 1. The van der Waals surface area contributed by atoms with E-state index in [9.17, 15) is 18.4 Å². The fourth-order valence-corrected chi connectivity index (χ4v) is 2.57. The smallest absolute Gasteiger partial charge is 0.341 e. The Morgan fingerprint density at radius 1 is 1.12 bits per heavy atom. The average molecular weight is 363 g/mol. The Kier molecular flexibility index (Phi) is 6.27. The summed E-state index contributed by atoms with van der Waals surface area (Å²) in [6.07, 6.45) is 0. The van der Waals surface area contributed by atoms with Crippen LogP contribution < -0.4 is 4.74 Å². The first-order valence-electron chi connectivity index (χ1n) is 7.92. The van der Waals surface area contributed by atoms with Gasteiger partial charge in [0.25, 0.3) is 0 Å². The Hall–Kier alpha value is -2.96. The minimum Gasteiger partial charge on any atom is -0.482 e. The molecule has 0 aliphatic carbocycles. The molecule has 2 aromatic carbocycles. The number of benzene rings is 2. The third-order valence-corrected chi connectivity index (χ3v) is 3.88. The number of amides is 1. The second-order valence-corrected chi connectivity index (χ2v) is 5.88. The third kappa shape index (κ3) is 4.78. The van der Waals surface area contributed by atoms with Crippen molar-refractivity contribution in [3.8, 4) is 5.75 Å². The first-order chi connectivity index (χ1) is 12.3. The summed E-state index contributed by atoms with van der Waals surface area (Å²) in [6.45, 7) is 1.26. The molecule has 0 bridgehead atoms. The Morgan fingerprint density at radius 2 is 1.69 bits per heavy atom. The summed E-state index contributed by atoms with van der Waals surface area (Å²) in [4.78, 5) is 24.3. The zero-order valence-corrected chi connectivity index (χ0v) is 14.4. The number of ether oxygens (including phenoxy) is 1. The third-order valence-electron chi connectivity index (χ3n) is 3.88. The molecule has 138 valence electrons. The summed E-state index contributed by atoms with van der Waals surface area (Å²) in [5, 5.41) is 8.57. The van der Waals surface area contributed by atoms with Crippen molar-refractivity contribution in [3.05, 3.63) is 65.2 Å². The Labute approximate surface area is 149 Å². The molecule has 0 heterocycles. The molecule has 0 aliphatic heterocycles. The number of likely N-dealkylation sites (N-methyl/N-ethyl adjacent to an activating group) is 1. The van der Waals surface area contributed by atoms with E-state index in [1.165, 1.54) is 17.9 Å². The van der Waals surface area contributed by atoms with Gasteiger partial charge in [-0.05, 0) is 36.8 Å². The summed E-state index contributed by atoms with van der Waals surface area (Å²) in [5.41, 5.74) is 0.520. The highest BCUT2D eigenvalue weighted by atomic mass is 19.1. The van der Waals surface area contributed by atoms with E-state index in [0.29, 0.717) is 5.75 Å². The van der Waals surface area contributed by atoms with Gasteiger partial charge in [-0.15, -0.1) is 0 Å². The van der Waals surface area contributed by atoms with Gasteiger partial charge in [-0.1, -0.05) is 18.2 Å². The molecule has 1 amide bonds. The average Bonchev–Trinajstić information content (AvgIpc) is 2.60. The van der Waals surface area contributed by atoms with Gasteiger partial charge in [-0.2, -0.15) is 0 Å². The van der Waals surface area contributed by atoms with Gasteiger partial charge in [0.2, 0.25) is 5.91 Å². The number of carboxylic acid groups (broad SMARTS) is 1. The van der Waals surface area contributed by atoms with Crippen LogP contribution in [0.5, 0.6) is 5.75 Å². The molecule has 0 saturated heterocycles. The van der Waals surface area contributed by atoms with E-state index in [-0.39, 0.29) is 12.1 Å². The number of hydrogen-bond acceptors (Lipinski definition) is 3. The van der Waals surface area contributed by atoms with Crippen molar-refractivity contribution in [2.75, 3.05) is 13.7 Å². The Morgan fingerprint density at radius 3 is 2.23 bits per heavy atom. The van der Waals surface area contributed by atoms with Crippen LogP contribution in [0.3, 0.4) is 0 Å². The number of halogens is 2. The second kappa shape index (κ2) is 8.42. The second-order valence-electron chi connectivity index (χ2n) is 5.88. The highest BCUT2D eigenvalue weighted by Gasteiger charge is 2.25. The van der Waals surface area contributed by atoms with Gasteiger partial charge in [0.1, 0.15) is 17.4 Å². The summed E-state index contributed by atoms with van der Waals surface area (Å²) in [6, 6.07) is 10.1. The largest absolute Gasteiger partial charge is 0.482 e.